The van der Waals surface area contributed by atoms with Gasteiger partial charge in [0.25, 0.3) is 0 Å². The second-order valence-corrected chi connectivity index (χ2v) is 6.26. The first-order valence-electron chi connectivity index (χ1n) is 7.74. The summed E-state index contributed by atoms with van der Waals surface area (Å²) in [5, 5.41) is 30.7. The summed E-state index contributed by atoms with van der Waals surface area (Å²) >= 11 is 0. The lowest BCUT2D eigenvalue weighted by Crippen LogP contribution is -2.06. The quantitative estimate of drug-likeness (QED) is 0.582. The van der Waals surface area contributed by atoms with E-state index in [9.17, 15) is 20.1 Å². The monoisotopic (exact) mass is 326 g/mol. The highest BCUT2D eigenvalue weighted by Crippen LogP contribution is 2.36. The van der Waals surface area contributed by atoms with Crippen LogP contribution in [0.3, 0.4) is 0 Å². The molecule has 0 saturated carbocycles. The first-order chi connectivity index (χ1) is 11.2. The normalized spacial score (nSPS) is 10.5. The van der Waals surface area contributed by atoms with Crippen LogP contribution < -0.4 is 0 Å². The summed E-state index contributed by atoms with van der Waals surface area (Å²) in [6.45, 7) is 7.41. The predicted octanol–water partition coefficient (Wildman–Crippen LogP) is 4.16. The van der Waals surface area contributed by atoms with E-state index in [2.05, 4.69) is 0 Å². The van der Waals surface area contributed by atoms with Crippen LogP contribution in [-0.2, 0) is 6.42 Å². The number of benzene rings is 2. The summed E-state index contributed by atoms with van der Waals surface area (Å²) < 4.78 is 0. The van der Waals surface area contributed by atoms with Crippen molar-refractivity contribution < 1.29 is 20.1 Å². The van der Waals surface area contributed by atoms with Crippen LogP contribution >= 0.6 is 0 Å². The lowest BCUT2D eigenvalue weighted by molar-refractivity contribution is 0.103. The Bertz CT molecular complexity index is 805. The number of phenolic OH excluding ortho intramolecular Hbond substituents is 3. The number of hydrogen-bond donors (Lipinski definition) is 3. The van der Waals surface area contributed by atoms with Crippen LogP contribution in [0.2, 0.25) is 0 Å². The molecule has 0 aliphatic rings. The highest BCUT2D eigenvalue weighted by molar-refractivity contribution is 6.15. The van der Waals surface area contributed by atoms with Crippen molar-refractivity contribution in [1.29, 1.82) is 0 Å². The first kappa shape index (κ1) is 17.6. The molecule has 2 rings (SSSR count). The zero-order valence-corrected chi connectivity index (χ0v) is 14.3. The van der Waals surface area contributed by atoms with Crippen molar-refractivity contribution in [2.45, 2.75) is 34.1 Å². The molecule has 0 aromatic heterocycles. The Labute approximate surface area is 141 Å². The third-order valence-corrected chi connectivity index (χ3v) is 3.88. The van der Waals surface area contributed by atoms with E-state index in [1.165, 1.54) is 12.1 Å². The Morgan fingerprint density at radius 2 is 1.67 bits per heavy atom. The van der Waals surface area contributed by atoms with E-state index in [4.69, 9.17) is 0 Å². The maximum Gasteiger partial charge on any atom is 0.204 e. The van der Waals surface area contributed by atoms with Crippen molar-refractivity contribution in [3.63, 3.8) is 0 Å². The third kappa shape index (κ3) is 3.43. The number of carbonyl (C=O) groups is 1. The maximum atomic E-state index is 12.8. The predicted molar refractivity (Wildman–Crippen MR) is 93.9 cm³/mol. The van der Waals surface area contributed by atoms with Gasteiger partial charge in [-0.25, -0.2) is 0 Å². The van der Waals surface area contributed by atoms with Gasteiger partial charge in [-0.15, -0.1) is 0 Å². The number of aromatic hydroxyl groups is 3. The van der Waals surface area contributed by atoms with E-state index >= 15 is 0 Å². The van der Waals surface area contributed by atoms with Crippen LogP contribution in [-0.4, -0.2) is 21.1 Å². The molecule has 0 heterocycles. The second kappa shape index (κ2) is 6.79. The maximum absolute atomic E-state index is 12.8. The molecule has 0 aliphatic heterocycles. The van der Waals surface area contributed by atoms with Crippen LogP contribution in [0.5, 0.6) is 17.2 Å². The average Bonchev–Trinajstić information content (AvgIpc) is 2.45. The summed E-state index contributed by atoms with van der Waals surface area (Å²) in [5.74, 6) is -1.32. The molecule has 2 aromatic carbocycles. The fourth-order valence-electron chi connectivity index (χ4n) is 2.69. The number of allylic oxidation sites excluding steroid dienone is 2. The molecule has 0 spiro atoms. The van der Waals surface area contributed by atoms with Gasteiger partial charge >= 0.3 is 0 Å². The minimum atomic E-state index is -0.598. The topological polar surface area (TPSA) is 77.8 Å². The van der Waals surface area contributed by atoms with Crippen LogP contribution in [0, 0.1) is 13.8 Å². The molecule has 126 valence electrons. The molecule has 2 aromatic rings. The van der Waals surface area contributed by atoms with E-state index < -0.39 is 5.78 Å². The highest BCUT2D eigenvalue weighted by Gasteiger charge is 2.24. The van der Waals surface area contributed by atoms with Crippen molar-refractivity contribution in [1.82, 2.24) is 0 Å². The standard InChI is InChI=1S/C20H22O4/c1-11(2)5-6-14-7-8-15(21)18(19(14)23)20(24)17-13(4)9-12(3)10-16(17)22/h5,7-10,21-23H,6H2,1-4H3. The molecule has 0 atom stereocenters. The first-order valence-corrected chi connectivity index (χ1v) is 7.74. The number of rotatable bonds is 4. The zero-order valence-electron chi connectivity index (χ0n) is 14.3. The molecule has 0 fully saturated rings. The smallest absolute Gasteiger partial charge is 0.204 e. The Morgan fingerprint density at radius 1 is 1.00 bits per heavy atom. The highest BCUT2D eigenvalue weighted by atomic mass is 16.3. The Balaban J connectivity index is 2.58. The van der Waals surface area contributed by atoms with Crippen LogP contribution in [0.4, 0.5) is 0 Å². The minimum Gasteiger partial charge on any atom is -0.507 e. The van der Waals surface area contributed by atoms with Gasteiger partial charge in [0, 0.05) is 0 Å². The third-order valence-electron chi connectivity index (χ3n) is 3.88. The number of carbonyl (C=O) groups excluding carboxylic acids is 1. The van der Waals surface area contributed by atoms with E-state index in [1.54, 1.807) is 19.1 Å². The van der Waals surface area contributed by atoms with Gasteiger partial charge in [0.2, 0.25) is 5.78 Å². The van der Waals surface area contributed by atoms with E-state index in [0.717, 1.165) is 11.1 Å². The molecule has 0 saturated heterocycles. The van der Waals surface area contributed by atoms with Crippen LogP contribution in [0.25, 0.3) is 0 Å². The molecule has 0 bridgehead atoms. The Kier molecular flexibility index (Phi) is 4.98. The van der Waals surface area contributed by atoms with Crippen molar-refractivity contribution >= 4 is 5.78 Å². The summed E-state index contributed by atoms with van der Waals surface area (Å²) in [6.07, 6.45) is 2.38. The van der Waals surface area contributed by atoms with Gasteiger partial charge in [0.15, 0.2) is 0 Å². The summed E-state index contributed by atoms with van der Waals surface area (Å²) in [7, 11) is 0. The average molecular weight is 326 g/mol. The molecule has 24 heavy (non-hydrogen) atoms. The van der Waals surface area contributed by atoms with E-state index in [1.807, 2.05) is 26.8 Å². The fraction of sp³-hybridized carbons (Fsp3) is 0.250. The summed E-state index contributed by atoms with van der Waals surface area (Å²) in [4.78, 5) is 12.8. The summed E-state index contributed by atoms with van der Waals surface area (Å²) in [5.41, 5.74) is 2.95. The number of hydrogen-bond acceptors (Lipinski definition) is 4. The van der Waals surface area contributed by atoms with Gasteiger partial charge in [-0.2, -0.15) is 0 Å². The van der Waals surface area contributed by atoms with Crippen LogP contribution in [0.1, 0.15) is 46.5 Å². The number of aryl methyl sites for hydroxylation is 2. The van der Waals surface area contributed by atoms with Gasteiger partial charge in [-0.05, 0) is 62.9 Å². The summed E-state index contributed by atoms with van der Waals surface area (Å²) in [6, 6.07) is 6.24. The molecule has 0 aliphatic carbocycles. The molecule has 4 heteroatoms. The van der Waals surface area contributed by atoms with Gasteiger partial charge in [0.05, 0.1) is 5.56 Å². The molecular formula is C20H22O4. The Morgan fingerprint density at radius 3 is 2.25 bits per heavy atom. The van der Waals surface area contributed by atoms with Crippen LogP contribution in [0.15, 0.2) is 35.9 Å². The molecule has 4 nitrogen and oxygen atoms in total. The van der Waals surface area contributed by atoms with E-state index in [0.29, 0.717) is 17.5 Å². The van der Waals surface area contributed by atoms with Crippen molar-refractivity contribution in [2.24, 2.45) is 0 Å². The molecular weight excluding hydrogens is 304 g/mol. The lowest BCUT2D eigenvalue weighted by atomic mass is 9.93. The van der Waals surface area contributed by atoms with Crippen molar-refractivity contribution in [2.75, 3.05) is 0 Å². The largest absolute Gasteiger partial charge is 0.507 e. The van der Waals surface area contributed by atoms with E-state index in [-0.39, 0.29) is 28.4 Å². The SMILES string of the molecule is CC(C)=CCc1ccc(O)c(C(=O)c2c(C)cc(C)cc2O)c1O. The fourth-order valence-corrected chi connectivity index (χ4v) is 2.69. The van der Waals surface area contributed by atoms with Gasteiger partial charge in [-0.1, -0.05) is 23.8 Å². The van der Waals surface area contributed by atoms with Crippen molar-refractivity contribution in [3.8, 4) is 17.2 Å². The molecule has 3 N–H and O–H groups in total. The second-order valence-electron chi connectivity index (χ2n) is 6.26. The zero-order chi connectivity index (χ0) is 18.0. The number of ketones is 1. The minimum absolute atomic E-state index is 0.0885. The Hall–Kier alpha value is -2.75. The molecule has 0 amide bonds. The lowest BCUT2D eigenvalue weighted by Gasteiger charge is -2.13. The van der Waals surface area contributed by atoms with Gasteiger partial charge in [0.1, 0.15) is 22.8 Å². The van der Waals surface area contributed by atoms with Crippen molar-refractivity contribution in [3.05, 3.63) is 63.7 Å². The van der Waals surface area contributed by atoms with Gasteiger partial charge < -0.3 is 15.3 Å². The molecule has 0 unspecified atom stereocenters. The number of phenols is 3. The van der Waals surface area contributed by atoms with Gasteiger partial charge in [-0.3, -0.25) is 4.79 Å². The molecule has 0 radical (unpaired) electrons.